The van der Waals surface area contributed by atoms with Gasteiger partial charge in [-0.3, -0.25) is 9.67 Å². The highest BCUT2D eigenvalue weighted by Gasteiger charge is 2.30. The zero-order chi connectivity index (χ0) is 20.0. The van der Waals surface area contributed by atoms with E-state index in [2.05, 4.69) is 15.4 Å². The van der Waals surface area contributed by atoms with Crippen LogP contribution in [0.4, 0.5) is 13.2 Å². The third-order valence-electron chi connectivity index (χ3n) is 4.39. The maximum absolute atomic E-state index is 12.9. The first-order valence-electron chi connectivity index (χ1n) is 8.77. The van der Waals surface area contributed by atoms with Crippen LogP contribution in [0.1, 0.15) is 36.0 Å². The molecule has 0 amide bonds. The number of guanidine groups is 1. The van der Waals surface area contributed by atoms with Crippen LogP contribution in [-0.2, 0) is 19.8 Å². The molecule has 27 heavy (non-hydrogen) atoms. The van der Waals surface area contributed by atoms with Gasteiger partial charge in [-0.25, -0.2) is 0 Å². The lowest BCUT2D eigenvalue weighted by Gasteiger charge is -2.22. The molecule has 1 atom stereocenters. The van der Waals surface area contributed by atoms with Gasteiger partial charge in [0.2, 0.25) is 0 Å². The zero-order valence-electron chi connectivity index (χ0n) is 16.1. The molecule has 1 N–H and O–H groups in total. The van der Waals surface area contributed by atoms with E-state index in [0.29, 0.717) is 25.1 Å². The number of nitrogens with one attached hydrogen (secondary N) is 1. The molecule has 0 radical (unpaired) electrons. The van der Waals surface area contributed by atoms with Crippen molar-refractivity contribution in [3.63, 3.8) is 0 Å². The molecule has 1 heterocycles. The molecule has 2 rings (SSSR count). The summed E-state index contributed by atoms with van der Waals surface area (Å²) in [5.74, 6) is 0.733. The maximum Gasteiger partial charge on any atom is 0.416 e. The van der Waals surface area contributed by atoms with Gasteiger partial charge in [-0.2, -0.15) is 18.3 Å². The van der Waals surface area contributed by atoms with Crippen LogP contribution >= 0.6 is 0 Å². The van der Waals surface area contributed by atoms with E-state index in [1.54, 1.807) is 24.0 Å². The van der Waals surface area contributed by atoms with E-state index in [4.69, 9.17) is 0 Å². The van der Waals surface area contributed by atoms with Gasteiger partial charge in [0, 0.05) is 46.0 Å². The molecule has 1 unspecified atom stereocenters. The monoisotopic (exact) mass is 381 g/mol. The highest BCUT2D eigenvalue weighted by atomic mass is 19.4. The highest BCUT2D eigenvalue weighted by molar-refractivity contribution is 5.79. The number of alkyl halides is 3. The molecule has 0 aliphatic rings. The summed E-state index contributed by atoms with van der Waals surface area (Å²) in [5.41, 5.74) is 1.15. The van der Waals surface area contributed by atoms with Gasteiger partial charge in [-0.05, 0) is 24.0 Å². The minimum absolute atomic E-state index is 0.00142. The summed E-state index contributed by atoms with van der Waals surface area (Å²) in [4.78, 5) is 6.24. The van der Waals surface area contributed by atoms with Gasteiger partial charge in [-0.15, -0.1) is 0 Å². The number of aliphatic imine (C=N–C) groups is 1. The Bertz CT molecular complexity index is 767. The Morgan fingerprint density at radius 2 is 2.11 bits per heavy atom. The SMILES string of the molecule is CN=C(NCCC(C)c1cccc(C(F)(F)F)c1)N(C)Cc1cnn(C)c1. The Labute approximate surface area is 157 Å². The number of aromatic nitrogens is 2. The molecular formula is C19H26F3N5. The lowest BCUT2D eigenvalue weighted by Crippen LogP contribution is -2.39. The van der Waals surface area contributed by atoms with Crippen LogP contribution in [0.25, 0.3) is 0 Å². The molecule has 0 saturated carbocycles. The maximum atomic E-state index is 12.9. The molecule has 1 aromatic heterocycles. The van der Waals surface area contributed by atoms with E-state index in [-0.39, 0.29) is 5.92 Å². The summed E-state index contributed by atoms with van der Waals surface area (Å²) in [6.45, 7) is 3.21. The van der Waals surface area contributed by atoms with Crippen molar-refractivity contribution in [2.75, 3.05) is 20.6 Å². The number of aryl methyl sites for hydroxylation is 1. The average molecular weight is 381 g/mol. The van der Waals surface area contributed by atoms with Crippen molar-refractivity contribution in [3.05, 3.63) is 53.3 Å². The first-order valence-corrected chi connectivity index (χ1v) is 8.77. The molecule has 148 valence electrons. The largest absolute Gasteiger partial charge is 0.416 e. The molecule has 8 heteroatoms. The minimum atomic E-state index is -4.31. The Hall–Kier alpha value is -2.51. The Balaban J connectivity index is 1.88. The lowest BCUT2D eigenvalue weighted by atomic mass is 9.96. The summed E-state index contributed by atoms with van der Waals surface area (Å²) >= 11 is 0. The first kappa shape index (κ1) is 20.8. The third kappa shape index (κ3) is 6.01. The molecular weight excluding hydrogens is 355 g/mol. The predicted molar refractivity (Wildman–Crippen MR) is 101 cm³/mol. The summed E-state index contributed by atoms with van der Waals surface area (Å²) in [6, 6.07) is 5.53. The van der Waals surface area contributed by atoms with E-state index in [1.807, 2.05) is 32.1 Å². The summed E-state index contributed by atoms with van der Waals surface area (Å²) in [6.07, 6.45) is 0.130. The predicted octanol–water partition coefficient (Wildman–Crippen LogP) is 3.64. The van der Waals surface area contributed by atoms with Crippen LogP contribution in [0, 0.1) is 0 Å². The van der Waals surface area contributed by atoms with Crippen molar-refractivity contribution in [1.29, 1.82) is 0 Å². The quantitative estimate of drug-likeness (QED) is 0.614. The summed E-state index contributed by atoms with van der Waals surface area (Å²) in [7, 11) is 5.50. The molecule has 0 bridgehead atoms. The van der Waals surface area contributed by atoms with Crippen molar-refractivity contribution >= 4 is 5.96 Å². The second-order valence-corrected chi connectivity index (χ2v) is 6.67. The second-order valence-electron chi connectivity index (χ2n) is 6.67. The Kier molecular flexibility index (Phi) is 6.87. The molecule has 1 aromatic carbocycles. The topological polar surface area (TPSA) is 45.5 Å². The van der Waals surface area contributed by atoms with Crippen LogP contribution < -0.4 is 5.32 Å². The van der Waals surface area contributed by atoms with Gasteiger partial charge in [0.15, 0.2) is 5.96 Å². The molecule has 0 spiro atoms. The van der Waals surface area contributed by atoms with Gasteiger partial charge in [0.25, 0.3) is 0 Å². The smallest absolute Gasteiger partial charge is 0.356 e. The summed E-state index contributed by atoms with van der Waals surface area (Å²) in [5, 5.41) is 7.42. The van der Waals surface area contributed by atoms with Crippen LogP contribution in [0.5, 0.6) is 0 Å². The zero-order valence-corrected chi connectivity index (χ0v) is 16.1. The lowest BCUT2D eigenvalue weighted by molar-refractivity contribution is -0.137. The van der Waals surface area contributed by atoms with E-state index in [1.165, 1.54) is 12.1 Å². The van der Waals surface area contributed by atoms with Crippen LogP contribution in [0.2, 0.25) is 0 Å². The fraction of sp³-hybridized carbons (Fsp3) is 0.474. The van der Waals surface area contributed by atoms with Crippen molar-refractivity contribution in [1.82, 2.24) is 20.0 Å². The van der Waals surface area contributed by atoms with Gasteiger partial charge >= 0.3 is 6.18 Å². The number of nitrogens with zero attached hydrogens (tertiary/aromatic N) is 4. The van der Waals surface area contributed by atoms with Crippen LogP contribution in [0.15, 0.2) is 41.7 Å². The van der Waals surface area contributed by atoms with E-state index >= 15 is 0 Å². The Morgan fingerprint density at radius 1 is 1.37 bits per heavy atom. The van der Waals surface area contributed by atoms with Crippen molar-refractivity contribution in [3.8, 4) is 0 Å². The Morgan fingerprint density at radius 3 is 2.70 bits per heavy atom. The van der Waals surface area contributed by atoms with E-state index < -0.39 is 11.7 Å². The van der Waals surface area contributed by atoms with Crippen molar-refractivity contribution in [2.24, 2.45) is 12.0 Å². The van der Waals surface area contributed by atoms with Crippen LogP contribution in [0.3, 0.4) is 0 Å². The fourth-order valence-corrected chi connectivity index (χ4v) is 2.88. The van der Waals surface area contributed by atoms with E-state index in [0.717, 1.165) is 17.6 Å². The molecule has 0 aliphatic carbocycles. The van der Waals surface area contributed by atoms with Crippen LogP contribution in [-0.4, -0.2) is 41.3 Å². The average Bonchev–Trinajstić information content (AvgIpc) is 3.02. The van der Waals surface area contributed by atoms with Gasteiger partial charge in [-0.1, -0.05) is 25.1 Å². The molecule has 0 saturated heterocycles. The normalized spacial score (nSPS) is 13.5. The van der Waals surface area contributed by atoms with Gasteiger partial charge in [0.05, 0.1) is 11.8 Å². The first-order chi connectivity index (χ1) is 12.7. The third-order valence-corrected chi connectivity index (χ3v) is 4.39. The molecule has 0 aliphatic heterocycles. The molecule has 5 nitrogen and oxygen atoms in total. The second kappa shape index (κ2) is 8.92. The number of halogens is 3. The number of hydrogen-bond acceptors (Lipinski definition) is 2. The molecule has 0 fully saturated rings. The van der Waals surface area contributed by atoms with Crippen molar-refractivity contribution < 1.29 is 13.2 Å². The molecule has 2 aromatic rings. The highest BCUT2D eigenvalue weighted by Crippen LogP contribution is 2.31. The van der Waals surface area contributed by atoms with Gasteiger partial charge in [0.1, 0.15) is 0 Å². The number of benzene rings is 1. The van der Waals surface area contributed by atoms with Crippen molar-refractivity contribution in [2.45, 2.75) is 32.0 Å². The van der Waals surface area contributed by atoms with Gasteiger partial charge < -0.3 is 10.2 Å². The standard InChI is InChI=1S/C19H26F3N5/c1-14(16-6-5-7-17(10-16)19(20,21)22)8-9-24-18(23-2)26(3)12-15-11-25-27(4)13-15/h5-7,10-11,13-14H,8-9,12H2,1-4H3,(H,23,24). The van der Waals surface area contributed by atoms with E-state index in [9.17, 15) is 13.2 Å². The minimum Gasteiger partial charge on any atom is -0.356 e. The summed E-state index contributed by atoms with van der Waals surface area (Å²) < 4.78 is 40.3. The number of rotatable bonds is 6. The number of hydrogen-bond donors (Lipinski definition) is 1. The fourth-order valence-electron chi connectivity index (χ4n) is 2.88.